The average molecular weight is 312 g/mol. The van der Waals surface area contributed by atoms with Gasteiger partial charge in [-0.1, -0.05) is 26.7 Å². The van der Waals surface area contributed by atoms with E-state index in [0.29, 0.717) is 12.5 Å². The van der Waals surface area contributed by atoms with Crippen LogP contribution in [-0.4, -0.2) is 24.9 Å². The van der Waals surface area contributed by atoms with Crippen molar-refractivity contribution in [1.82, 2.24) is 14.7 Å². The smallest absolute Gasteiger partial charge is 0.243 e. The molecule has 1 fully saturated rings. The van der Waals surface area contributed by atoms with Crippen LogP contribution in [0.3, 0.4) is 0 Å². The largest absolute Gasteiger partial charge is 0.368 e. The van der Waals surface area contributed by atoms with Crippen molar-refractivity contribution in [3.63, 3.8) is 0 Å². The molecule has 1 heterocycles. The van der Waals surface area contributed by atoms with E-state index in [1.807, 2.05) is 0 Å². The van der Waals surface area contributed by atoms with E-state index < -0.39 is 10.0 Å². The van der Waals surface area contributed by atoms with E-state index in [9.17, 15) is 8.42 Å². The zero-order chi connectivity index (χ0) is 15.5. The van der Waals surface area contributed by atoms with Crippen LogP contribution in [0.1, 0.15) is 46.0 Å². The Morgan fingerprint density at radius 3 is 2.38 bits per heavy atom. The van der Waals surface area contributed by atoms with Crippen LogP contribution in [0.5, 0.6) is 0 Å². The number of hydrogen-bond acceptors (Lipinski definition) is 5. The van der Waals surface area contributed by atoms with E-state index >= 15 is 0 Å². The summed E-state index contributed by atoms with van der Waals surface area (Å²) in [7, 11) is -3.57. The highest BCUT2D eigenvalue weighted by Gasteiger charge is 2.35. The first-order chi connectivity index (χ1) is 9.83. The summed E-state index contributed by atoms with van der Waals surface area (Å²) < 4.78 is 27.3. The van der Waals surface area contributed by atoms with Crippen molar-refractivity contribution in [3.8, 4) is 0 Å². The van der Waals surface area contributed by atoms with Crippen molar-refractivity contribution in [2.45, 2.75) is 50.8 Å². The molecule has 118 valence electrons. The predicted molar refractivity (Wildman–Crippen MR) is 82.0 cm³/mol. The fourth-order valence-corrected chi connectivity index (χ4v) is 4.29. The predicted octanol–water partition coefficient (Wildman–Crippen LogP) is 1.94. The Balaban J connectivity index is 2.07. The first kappa shape index (κ1) is 16.2. The lowest BCUT2D eigenvalue weighted by Gasteiger charge is -2.31. The third kappa shape index (κ3) is 4.14. The van der Waals surface area contributed by atoms with Gasteiger partial charge in [0.1, 0.15) is 4.90 Å². The molecule has 7 heteroatoms. The molecule has 0 aromatic carbocycles. The van der Waals surface area contributed by atoms with Gasteiger partial charge in [0.25, 0.3) is 0 Å². The quantitative estimate of drug-likeness (QED) is 0.836. The molecule has 1 aliphatic rings. The van der Waals surface area contributed by atoms with Gasteiger partial charge in [0.15, 0.2) is 0 Å². The molecule has 2 rings (SSSR count). The molecule has 0 atom stereocenters. The lowest BCUT2D eigenvalue weighted by atomic mass is 9.79. The molecule has 1 aromatic rings. The molecule has 1 aromatic heterocycles. The van der Waals surface area contributed by atoms with Crippen molar-refractivity contribution in [2.24, 2.45) is 11.3 Å². The molecular formula is C14H24N4O2S. The zero-order valence-corrected chi connectivity index (χ0v) is 13.5. The Morgan fingerprint density at radius 1 is 1.29 bits per heavy atom. The lowest BCUT2D eigenvalue weighted by molar-refractivity contribution is 0.236. The number of nitrogens with one attached hydrogen (secondary N) is 1. The highest BCUT2D eigenvalue weighted by molar-refractivity contribution is 7.89. The SMILES string of the molecule is CC(C)CC1(CNS(=O)(=O)c2cnc(N)nc2)CCCC1. The highest BCUT2D eigenvalue weighted by atomic mass is 32.2. The first-order valence-electron chi connectivity index (χ1n) is 7.40. The van der Waals surface area contributed by atoms with Crippen molar-refractivity contribution in [2.75, 3.05) is 12.3 Å². The van der Waals surface area contributed by atoms with Gasteiger partial charge in [-0.25, -0.2) is 23.1 Å². The molecule has 0 aliphatic heterocycles. The second-order valence-electron chi connectivity index (χ2n) is 6.41. The summed E-state index contributed by atoms with van der Waals surface area (Å²) in [5.41, 5.74) is 5.48. The maximum absolute atomic E-state index is 12.3. The van der Waals surface area contributed by atoms with E-state index in [2.05, 4.69) is 28.5 Å². The minimum atomic E-state index is -3.57. The van der Waals surface area contributed by atoms with Crippen LogP contribution >= 0.6 is 0 Å². The van der Waals surface area contributed by atoms with Crippen molar-refractivity contribution >= 4 is 16.0 Å². The van der Waals surface area contributed by atoms with Crippen LogP contribution in [0.15, 0.2) is 17.3 Å². The second-order valence-corrected chi connectivity index (χ2v) is 8.17. The third-order valence-electron chi connectivity index (χ3n) is 4.10. The van der Waals surface area contributed by atoms with Gasteiger partial charge in [0.05, 0.1) is 12.4 Å². The van der Waals surface area contributed by atoms with Gasteiger partial charge in [-0.3, -0.25) is 0 Å². The minimum Gasteiger partial charge on any atom is -0.368 e. The summed E-state index contributed by atoms with van der Waals surface area (Å²) in [6, 6.07) is 0. The van der Waals surface area contributed by atoms with Gasteiger partial charge in [0, 0.05) is 6.54 Å². The fraction of sp³-hybridized carbons (Fsp3) is 0.714. The number of hydrogen-bond donors (Lipinski definition) is 2. The molecule has 0 saturated heterocycles. The number of aromatic nitrogens is 2. The van der Waals surface area contributed by atoms with Crippen molar-refractivity contribution in [1.29, 1.82) is 0 Å². The summed E-state index contributed by atoms with van der Waals surface area (Å²) >= 11 is 0. The number of rotatable bonds is 6. The van der Waals surface area contributed by atoms with E-state index in [-0.39, 0.29) is 16.3 Å². The van der Waals surface area contributed by atoms with Gasteiger partial charge in [-0.05, 0) is 30.6 Å². The van der Waals surface area contributed by atoms with Crippen LogP contribution in [0, 0.1) is 11.3 Å². The molecule has 0 bridgehead atoms. The van der Waals surface area contributed by atoms with Gasteiger partial charge in [-0.2, -0.15) is 0 Å². The zero-order valence-electron chi connectivity index (χ0n) is 12.7. The molecule has 1 aliphatic carbocycles. The van der Waals surface area contributed by atoms with Gasteiger partial charge in [-0.15, -0.1) is 0 Å². The number of nitrogens with zero attached hydrogens (tertiary/aromatic N) is 2. The van der Waals surface area contributed by atoms with Crippen LogP contribution in [-0.2, 0) is 10.0 Å². The number of nitrogens with two attached hydrogens (primary N) is 1. The monoisotopic (exact) mass is 312 g/mol. The van der Waals surface area contributed by atoms with Crippen LogP contribution in [0.25, 0.3) is 0 Å². The summed E-state index contributed by atoms with van der Waals surface area (Å²) in [4.78, 5) is 7.54. The van der Waals surface area contributed by atoms with Crippen LogP contribution in [0.4, 0.5) is 5.95 Å². The van der Waals surface area contributed by atoms with Crippen LogP contribution < -0.4 is 10.5 Å². The average Bonchev–Trinajstić information content (AvgIpc) is 2.85. The molecule has 6 nitrogen and oxygen atoms in total. The lowest BCUT2D eigenvalue weighted by Crippen LogP contribution is -2.37. The summed E-state index contributed by atoms with van der Waals surface area (Å²) in [5.74, 6) is 0.633. The molecule has 0 amide bonds. The maximum atomic E-state index is 12.3. The van der Waals surface area contributed by atoms with Crippen molar-refractivity contribution < 1.29 is 8.42 Å². The normalized spacial score (nSPS) is 18.2. The summed E-state index contributed by atoms with van der Waals surface area (Å²) in [5, 5.41) is 0. The van der Waals surface area contributed by atoms with Gasteiger partial charge < -0.3 is 5.73 Å². The Morgan fingerprint density at radius 2 is 1.86 bits per heavy atom. The fourth-order valence-electron chi connectivity index (χ4n) is 3.24. The van der Waals surface area contributed by atoms with Crippen molar-refractivity contribution in [3.05, 3.63) is 12.4 Å². The summed E-state index contributed by atoms with van der Waals surface area (Å²) in [6.45, 7) is 4.85. The second kappa shape index (κ2) is 6.27. The Bertz CT molecular complexity index is 563. The molecule has 0 radical (unpaired) electrons. The van der Waals surface area contributed by atoms with Gasteiger partial charge >= 0.3 is 0 Å². The standard InChI is InChI=1S/C14H24N4O2S/c1-11(2)7-14(5-3-4-6-14)10-18-21(19,20)12-8-16-13(15)17-9-12/h8-9,11,18H,3-7,10H2,1-2H3,(H2,15,16,17). The van der Waals surface area contributed by atoms with E-state index in [1.165, 1.54) is 25.2 Å². The van der Waals surface area contributed by atoms with E-state index in [4.69, 9.17) is 5.73 Å². The number of nitrogen functional groups attached to an aromatic ring is 1. The summed E-state index contributed by atoms with van der Waals surface area (Å²) in [6.07, 6.45) is 8.08. The van der Waals surface area contributed by atoms with Gasteiger partial charge in [0.2, 0.25) is 16.0 Å². The number of sulfonamides is 1. The molecule has 0 spiro atoms. The topological polar surface area (TPSA) is 98.0 Å². The highest BCUT2D eigenvalue weighted by Crippen LogP contribution is 2.42. The third-order valence-corrected chi connectivity index (χ3v) is 5.46. The van der Waals surface area contributed by atoms with E-state index in [0.717, 1.165) is 19.3 Å². The molecule has 0 unspecified atom stereocenters. The van der Waals surface area contributed by atoms with E-state index in [1.54, 1.807) is 0 Å². The number of anilines is 1. The first-order valence-corrected chi connectivity index (χ1v) is 8.89. The molecule has 1 saturated carbocycles. The Kier molecular flexibility index (Phi) is 4.83. The Hall–Kier alpha value is -1.21. The maximum Gasteiger partial charge on any atom is 0.243 e. The molecule has 3 N–H and O–H groups in total. The van der Waals surface area contributed by atoms with Crippen LogP contribution in [0.2, 0.25) is 0 Å². The molecule has 21 heavy (non-hydrogen) atoms. The molecular weight excluding hydrogens is 288 g/mol. The Labute approximate surface area is 126 Å². The minimum absolute atomic E-state index is 0.0643.